The minimum absolute atomic E-state index is 0.00682. The van der Waals surface area contributed by atoms with Crippen LogP contribution < -0.4 is 0 Å². The van der Waals surface area contributed by atoms with Gasteiger partial charge in [0.25, 0.3) is 0 Å². The highest BCUT2D eigenvalue weighted by Crippen LogP contribution is 2.76. The SMILES string of the molecule is CC1(C)CC[C@]2(C(=O)O[C@@H]3O[C@H](CO)[C@@H](O)[C@H](O)[C@H]3O)CC[C@]3(C)[C@@H](C=C[C@@H]4[C@@]5(C)CC[C@H](O[C@@H]6O[C@H](C(=O)O)[C@@H](O)[C@H](O)[C@H]6O)[C@](C)(CO)[C@H]5CC[C@]43C)[C@H]2C1. The van der Waals surface area contributed by atoms with E-state index < -0.39 is 96.9 Å². The zero-order valence-corrected chi connectivity index (χ0v) is 34.1. The summed E-state index contributed by atoms with van der Waals surface area (Å²) in [6.07, 6.45) is -6.11. The summed E-state index contributed by atoms with van der Waals surface area (Å²) in [6, 6.07) is 0. The topological polar surface area (TPSA) is 253 Å². The van der Waals surface area contributed by atoms with E-state index in [0.29, 0.717) is 25.7 Å². The fourth-order valence-corrected chi connectivity index (χ4v) is 13.6. The van der Waals surface area contributed by atoms with E-state index in [1.54, 1.807) is 0 Å². The van der Waals surface area contributed by atoms with Gasteiger partial charge in [-0.3, -0.25) is 4.79 Å². The fourth-order valence-electron chi connectivity index (χ4n) is 13.6. The largest absolute Gasteiger partial charge is 0.479 e. The van der Waals surface area contributed by atoms with E-state index in [0.717, 1.165) is 32.1 Å². The molecule has 15 nitrogen and oxygen atoms in total. The average molecular weight is 811 g/mol. The number of fused-ring (bicyclic) bond motifs is 7. The Morgan fingerprint density at radius 2 is 1.37 bits per heavy atom. The average Bonchev–Trinajstić information content (AvgIpc) is 3.16. The molecule has 0 amide bonds. The van der Waals surface area contributed by atoms with Crippen LogP contribution in [0.1, 0.15) is 99.3 Å². The van der Waals surface area contributed by atoms with Crippen LogP contribution in [-0.2, 0) is 28.5 Å². The Kier molecular flexibility index (Phi) is 11.2. The molecule has 6 fully saturated rings. The van der Waals surface area contributed by atoms with Gasteiger partial charge in [0.2, 0.25) is 6.29 Å². The monoisotopic (exact) mass is 810 g/mol. The second-order valence-corrected chi connectivity index (χ2v) is 20.6. The molecule has 20 atom stereocenters. The van der Waals surface area contributed by atoms with E-state index >= 15 is 0 Å². The molecule has 0 aromatic rings. The van der Waals surface area contributed by atoms with Gasteiger partial charge in [-0.1, -0.05) is 53.7 Å². The van der Waals surface area contributed by atoms with Gasteiger partial charge in [0, 0.05) is 5.41 Å². The maximum Gasteiger partial charge on any atom is 0.335 e. The number of esters is 1. The second-order valence-electron chi connectivity index (χ2n) is 20.6. The van der Waals surface area contributed by atoms with Crippen LogP contribution in [0, 0.1) is 56.2 Å². The molecule has 0 aromatic heterocycles. The molecule has 2 aliphatic heterocycles. The summed E-state index contributed by atoms with van der Waals surface area (Å²) in [4.78, 5) is 26.4. The molecule has 15 heteroatoms. The van der Waals surface area contributed by atoms with Crippen molar-refractivity contribution in [3.63, 3.8) is 0 Å². The molecule has 0 bridgehead atoms. The van der Waals surface area contributed by atoms with Crippen LogP contribution in [-0.4, -0.2) is 139 Å². The minimum atomic E-state index is -1.84. The molecule has 4 saturated carbocycles. The Bertz CT molecular complexity index is 1570. The lowest BCUT2D eigenvalue weighted by atomic mass is 9.33. The third kappa shape index (κ3) is 6.39. The Balaban J connectivity index is 1.17. The summed E-state index contributed by atoms with van der Waals surface area (Å²) in [7, 11) is 0. The van der Waals surface area contributed by atoms with Crippen molar-refractivity contribution < 1.29 is 74.5 Å². The van der Waals surface area contributed by atoms with E-state index in [9.17, 15) is 55.5 Å². The third-order valence-electron chi connectivity index (χ3n) is 17.4. The molecule has 9 N–H and O–H groups in total. The number of aliphatic hydroxyl groups excluding tert-OH is 8. The Hall–Kier alpha value is -1.76. The summed E-state index contributed by atoms with van der Waals surface area (Å²) in [6.45, 7) is 12.6. The lowest BCUT2D eigenvalue weighted by molar-refractivity contribution is -0.327. The van der Waals surface area contributed by atoms with Crippen molar-refractivity contribution in [2.45, 2.75) is 167 Å². The summed E-state index contributed by atoms with van der Waals surface area (Å²) < 4.78 is 23.4. The molecule has 324 valence electrons. The predicted octanol–water partition coefficient (Wildman–Crippen LogP) is 1.24. The third-order valence-corrected chi connectivity index (χ3v) is 17.4. The van der Waals surface area contributed by atoms with Gasteiger partial charge in [0.15, 0.2) is 12.4 Å². The molecule has 57 heavy (non-hydrogen) atoms. The van der Waals surface area contributed by atoms with Gasteiger partial charge in [-0.15, -0.1) is 0 Å². The number of carboxylic acids is 1. The maximum atomic E-state index is 14.6. The van der Waals surface area contributed by atoms with Crippen LogP contribution in [0.25, 0.3) is 0 Å². The number of aliphatic carboxylic acids is 1. The fraction of sp³-hybridized carbons (Fsp3) is 0.905. The molecular formula is C42H66O15. The minimum Gasteiger partial charge on any atom is -0.479 e. The number of hydrogen-bond acceptors (Lipinski definition) is 14. The zero-order chi connectivity index (χ0) is 41.8. The first-order chi connectivity index (χ1) is 26.5. The standard InChI is InChI=1S/C42H66O15/c1-37(2)13-15-42(36(53)57-34-30(49)27(46)26(45)22(18-43)54-34)16-14-40(5)20(21(42)17-37)7-8-24-38(3)11-10-25(39(4,19-44)23(38)9-12-41(24,40)6)55-35-31(50)28(47)29(48)32(56-35)33(51)52/h7-8,20-32,34-35,43-50H,9-19H2,1-6H3,(H,51,52)/t20-,21+,22+,23-,24+,25-,26+,27-,28-,29-,30+,31+,32-,34-,35+,38-,39+,40+,41+,42-/m0/s1. The molecule has 0 aromatic carbocycles. The van der Waals surface area contributed by atoms with Crippen molar-refractivity contribution in [1.29, 1.82) is 0 Å². The molecule has 5 aliphatic carbocycles. The summed E-state index contributed by atoms with van der Waals surface area (Å²) in [5.41, 5.74) is -2.52. The predicted molar refractivity (Wildman–Crippen MR) is 199 cm³/mol. The molecule has 7 rings (SSSR count). The number of carbonyl (C=O) groups is 2. The second kappa shape index (κ2) is 14.7. The van der Waals surface area contributed by atoms with Crippen LogP contribution in [0.5, 0.6) is 0 Å². The van der Waals surface area contributed by atoms with Crippen LogP contribution in [0.2, 0.25) is 0 Å². The number of ether oxygens (including phenoxy) is 4. The van der Waals surface area contributed by atoms with Gasteiger partial charge < -0.3 is 64.9 Å². The number of carboxylic acid groups (broad SMARTS) is 1. The van der Waals surface area contributed by atoms with Gasteiger partial charge in [0.05, 0.1) is 24.7 Å². The quantitative estimate of drug-likeness (QED) is 0.0997. The normalized spacial score (nSPS) is 54.4. The summed E-state index contributed by atoms with van der Waals surface area (Å²) >= 11 is 0. The van der Waals surface area contributed by atoms with Gasteiger partial charge in [-0.25, -0.2) is 4.79 Å². The Labute approximate surface area is 334 Å². The van der Waals surface area contributed by atoms with Crippen molar-refractivity contribution in [3.05, 3.63) is 12.2 Å². The summed E-state index contributed by atoms with van der Waals surface area (Å²) in [5, 5.41) is 93.6. The van der Waals surface area contributed by atoms with Gasteiger partial charge in [-0.2, -0.15) is 0 Å². The Morgan fingerprint density at radius 3 is 2.02 bits per heavy atom. The van der Waals surface area contributed by atoms with E-state index in [-0.39, 0.29) is 51.9 Å². The number of hydrogen-bond donors (Lipinski definition) is 9. The lowest BCUT2D eigenvalue weighted by Crippen LogP contribution is -2.68. The van der Waals surface area contributed by atoms with Crippen molar-refractivity contribution in [2.24, 2.45) is 56.2 Å². The first-order valence-corrected chi connectivity index (χ1v) is 20.9. The molecule has 7 aliphatic rings. The highest BCUT2D eigenvalue weighted by Gasteiger charge is 2.71. The van der Waals surface area contributed by atoms with E-state index in [1.807, 2.05) is 6.92 Å². The highest BCUT2D eigenvalue weighted by atomic mass is 16.7. The highest BCUT2D eigenvalue weighted by molar-refractivity contribution is 5.78. The van der Waals surface area contributed by atoms with Gasteiger partial charge >= 0.3 is 11.9 Å². The lowest BCUT2D eigenvalue weighted by Gasteiger charge is -2.72. The number of carbonyl (C=O) groups excluding carboxylic acids is 1. The van der Waals surface area contributed by atoms with Crippen molar-refractivity contribution >= 4 is 11.9 Å². The molecule has 0 radical (unpaired) electrons. The van der Waals surface area contributed by atoms with E-state index in [2.05, 4.69) is 46.8 Å². The first kappa shape index (κ1) is 43.3. The van der Waals surface area contributed by atoms with Crippen molar-refractivity contribution in [2.75, 3.05) is 13.2 Å². The summed E-state index contributed by atoms with van der Waals surface area (Å²) in [5.74, 6) is -2.04. The van der Waals surface area contributed by atoms with Crippen molar-refractivity contribution in [1.82, 2.24) is 0 Å². The molecule has 2 heterocycles. The number of allylic oxidation sites excluding steroid dienone is 2. The van der Waals surface area contributed by atoms with E-state index in [1.165, 1.54) is 0 Å². The van der Waals surface area contributed by atoms with Crippen molar-refractivity contribution in [3.8, 4) is 0 Å². The van der Waals surface area contributed by atoms with Crippen LogP contribution in [0.15, 0.2) is 12.2 Å². The number of aliphatic hydroxyl groups is 8. The van der Waals surface area contributed by atoms with Gasteiger partial charge in [-0.05, 0) is 103 Å². The van der Waals surface area contributed by atoms with Crippen LogP contribution >= 0.6 is 0 Å². The smallest absolute Gasteiger partial charge is 0.335 e. The molecule has 0 spiro atoms. The molecule has 2 saturated heterocycles. The van der Waals surface area contributed by atoms with Crippen LogP contribution in [0.4, 0.5) is 0 Å². The zero-order valence-electron chi connectivity index (χ0n) is 34.1. The van der Waals surface area contributed by atoms with Gasteiger partial charge in [0.1, 0.15) is 42.7 Å². The maximum absolute atomic E-state index is 14.6. The molecular weight excluding hydrogens is 744 g/mol. The molecule has 0 unspecified atom stereocenters. The van der Waals surface area contributed by atoms with Crippen LogP contribution in [0.3, 0.4) is 0 Å². The first-order valence-electron chi connectivity index (χ1n) is 20.9. The van der Waals surface area contributed by atoms with E-state index in [4.69, 9.17) is 18.9 Å². The number of rotatable bonds is 7. The Morgan fingerprint density at radius 1 is 0.719 bits per heavy atom.